The number of nitrogens with one attached hydrogen (secondary N) is 1. The Balaban J connectivity index is 1.57. The van der Waals surface area contributed by atoms with Gasteiger partial charge in [-0.1, -0.05) is 30.3 Å². The lowest BCUT2D eigenvalue weighted by atomic mass is 9.97. The number of likely N-dealkylation sites (tertiary alicyclic amines) is 1. The Hall–Kier alpha value is -1.69. The lowest BCUT2D eigenvalue weighted by molar-refractivity contribution is -0.126. The van der Waals surface area contributed by atoms with Crippen LogP contribution in [0.15, 0.2) is 30.3 Å². The smallest absolute Gasteiger partial charge is 0.314 e. The predicted molar refractivity (Wildman–Crippen MR) is 94.1 cm³/mol. The molecule has 0 aliphatic carbocycles. The Morgan fingerprint density at radius 2 is 2.09 bits per heavy atom. The number of carbonyl (C=O) groups is 2. The number of thioether (sulfide) groups is 1. The summed E-state index contributed by atoms with van der Waals surface area (Å²) < 4.78 is 0. The van der Waals surface area contributed by atoms with Crippen molar-refractivity contribution in [3.8, 4) is 0 Å². The largest absolute Gasteiger partial charge is 0.356 e. The highest BCUT2D eigenvalue weighted by Gasteiger charge is 2.26. The predicted octanol–water partition coefficient (Wildman–Crippen LogP) is 2.22. The number of hydrogen-bond donors (Lipinski definition) is 2. The third-order valence-electron chi connectivity index (χ3n) is 3.98. The number of primary amides is 1. The van der Waals surface area contributed by atoms with Crippen molar-refractivity contribution >= 4 is 23.7 Å². The fourth-order valence-electron chi connectivity index (χ4n) is 2.69. The van der Waals surface area contributed by atoms with E-state index < -0.39 is 6.03 Å². The first-order valence-corrected chi connectivity index (χ1v) is 9.26. The molecule has 2 rings (SSSR count). The summed E-state index contributed by atoms with van der Waals surface area (Å²) in [4.78, 5) is 24.9. The minimum atomic E-state index is -0.431. The van der Waals surface area contributed by atoms with Crippen molar-refractivity contribution in [2.45, 2.75) is 25.0 Å². The van der Waals surface area contributed by atoms with Gasteiger partial charge in [-0.05, 0) is 30.6 Å². The van der Waals surface area contributed by atoms with Gasteiger partial charge >= 0.3 is 6.03 Å². The maximum Gasteiger partial charge on any atom is 0.314 e. The van der Waals surface area contributed by atoms with Crippen molar-refractivity contribution in [3.63, 3.8) is 0 Å². The average Bonchev–Trinajstić information content (AvgIpc) is 2.58. The van der Waals surface area contributed by atoms with Crippen LogP contribution in [0.3, 0.4) is 0 Å². The number of hydrogen-bond acceptors (Lipinski definition) is 3. The number of amides is 3. The normalized spacial score (nSPS) is 17.7. The van der Waals surface area contributed by atoms with E-state index >= 15 is 0 Å². The van der Waals surface area contributed by atoms with E-state index in [0.717, 1.165) is 30.8 Å². The summed E-state index contributed by atoms with van der Waals surface area (Å²) in [7, 11) is 0. The van der Waals surface area contributed by atoms with Gasteiger partial charge in [0.1, 0.15) is 0 Å². The Morgan fingerprint density at radius 1 is 1.30 bits per heavy atom. The average molecular weight is 335 g/mol. The van der Waals surface area contributed by atoms with E-state index in [1.54, 1.807) is 4.90 Å². The lowest BCUT2D eigenvalue weighted by Gasteiger charge is -2.30. The molecular formula is C17H25N3O2S. The SMILES string of the molecule is NC(=O)N1CCC[C@H](C(=O)NCCCSCc2ccccc2)C1. The Morgan fingerprint density at radius 3 is 2.83 bits per heavy atom. The van der Waals surface area contributed by atoms with Gasteiger partial charge in [0, 0.05) is 25.4 Å². The minimum absolute atomic E-state index is 0.0454. The molecule has 1 fully saturated rings. The van der Waals surface area contributed by atoms with E-state index in [-0.39, 0.29) is 11.8 Å². The molecular weight excluding hydrogens is 310 g/mol. The van der Waals surface area contributed by atoms with E-state index in [2.05, 4.69) is 29.6 Å². The van der Waals surface area contributed by atoms with Crippen LogP contribution in [0.25, 0.3) is 0 Å². The molecule has 126 valence electrons. The van der Waals surface area contributed by atoms with Gasteiger partial charge in [-0.2, -0.15) is 11.8 Å². The fraction of sp³-hybridized carbons (Fsp3) is 0.529. The summed E-state index contributed by atoms with van der Waals surface area (Å²) in [6.07, 6.45) is 2.63. The van der Waals surface area contributed by atoms with Gasteiger partial charge < -0.3 is 16.0 Å². The first-order valence-electron chi connectivity index (χ1n) is 8.10. The van der Waals surface area contributed by atoms with Crippen LogP contribution in [-0.2, 0) is 10.5 Å². The molecule has 0 radical (unpaired) electrons. The van der Waals surface area contributed by atoms with Crippen LogP contribution in [0.5, 0.6) is 0 Å². The summed E-state index contributed by atoms with van der Waals surface area (Å²) in [6.45, 7) is 1.80. The maximum atomic E-state index is 12.1. The van der Waals surface area contributed by atoms with Crippen molar-refractivity contribution < 1.29 is 9.59 Å². The second-order valence-corrected chi connectivity index (χ2v) is 6.91. The van der Waals surface area contributed by atoms with Gasteiger partial charge in [-0.15, -0.1) is 0 Å². The van der Waals surface area contributed by atoms with Crippen LogP contribution >= 0.6 is 11.8 Å². The molecule has 23 heavy (non-hydrogen) atoms. The second kappa shape index (κ2) is 9.45. The Labute approximate surface area is 142 Å². The molecule has 0 bridgehead atoms. The molecule has 3 N–H and O–H groups in total. The van der Waals surface area contributed by atoms with Crippen LogP contribution < -0.4 is 11.1 Å². The van der Waals surface area contributed by atoms with Gasteiger partial charge in [0.25, 0.3) is 0 Å². The molecule has 1 saturated heterocycles. The van der Waals surface area contributed by atoms with Gasteiger partial charge in [-0.25, -0.2) is 4.79 Å². The summed E-state index contributed by atoms with van der Waals surface area (Å²) in [5.74, 6) is 1.95. The van der Waals surface area contributed by atoms with Crippen LogP contribution in [0.2, 0.25) is 0 Å². The van der Waals surface area contributed by atoms with Gasteiger partial charge in [0.15, 0.2) is 0 Å². The zero-order chi connectivity index (χ0) is 16.5. The highest BCUT2D eigenvalue weighted by Crippen LogP contribution is 2.16. The van der Waals surface area contributed by atoms with Crippen molar-refractivity contribution in [1.82, 2.24) is 10.2 Å². The number of nitrogens with two attached hydrogens (primary N) is 1. The standard InChI is InChI=1S/C17H25N3O2S/c18-17(22)20-10-4-8-15(12-20)16(21)19-9-5-11-23-13-14-6-2-1-3-7-14/h1-3,6-7,15H,4-5,8-13H2,(H2,18,22)(H,19,21)/t15-/m0/s1. The summed E-state index contributed by atoms with van der Waals surface area (Å²) in [6, 6.07) is 9.95. The third kappa shape index (κ3) is 6.14. The Kier molecular flexibility index (Phi) is 7.26. The topological polar surface area (TPSA) is 75.4 Å². The molecule has 6 heteroatoms. The van der Waals surface area contributed by atoms with E-state index in [1.807, 2.05) is 17.8 Å². The number of rotatable bonds is 7. The van der Waals surface area contributed by atoms with Crippen molar-refractivity contribution in [2.24, 2.45) is 11.7 Å². The number of nitrogens with zero attached hydrogens (tertiary/aromatic N) is 1. The molecule has 0 unspecified atom stereocenters. The molecule has 1 aliphatic heterocycles. The van der Waals surface area contributed by atoms with Crippen molar-refractivity contribution in [3.05, 3.63) is 35.9 Å². The highest BCUT2D eigenvalue weighted by molar-refractivity contribution is 7.98. The quantitative estimate of drug-likeness (QED) is 0.750. The number of benzene rings is 1. The van der Waals surface area contributed by atoms with E-state index in [9.17, 15) is 9.59 Å². The minimum Gasteiger partial charge on any atom is -0.356 e. The van der Waals surface area contributed by atoms with Crippen LogP contribution in [0.1, 0.15) is 24.8 Å². The summed E-state index contributed by atoms with van der Waals surface area (Å²) in [5.41, 5.74) is 6.61. The summed E-state index contributed by atoms with van der Waals surface area (Å²) in [5, 5.41) is 2.98. The second-order valence-electron chi connectivity index (χ2n) is 5.81. The lowest BCUT2D eigenvalue weighted by Crippen LogP contribution is -2.47. The molecule has 0 aromatic heterocycles. The van der Waals surface area contributed by atoms with Crippen LogP contribution in [-0.4, -0.2) is 42.2 Å². The molecule has 1 heterocycles. The number of urea groups is 1. The number of piperidine rings is 1. The molecule has 1 atom stereocenters. The molecule has 1 aliphatic rings. The van der Waals surface area contributed by atoms with E-state index in [0.29, 0.717) is 19.6 Å². The van der Waals surface area contributed by atoms with Gasteiger partial charge in [0.05, 0.1) is 5.92 Å². The Bertz CT molecular complexity index is 510. The first kappa shape index (κ1) is 17.7. The third-order valence-corrected chi connectivity index (χ3v) is 5.09. The van der Waals surface area contributed by atoms with Crippen LogP contribution in [0, 0.1) is 5.92 Å². The van der Waals surface area contributed by atoms with E-state index in [1.165, 1.54) is 5.56 Å². The maximum absolute atomic E-state index is 12.1. The molecule has 1 aromatic carbocycles. The monoisotopic (exact) mass is 335 g/mol. The molecule has 1 aromatic rings. The van der Waals surface area contributed by atoms with Crippen molar-refractivity contribution in [1.29, 1.82) is 0 Å². The summed E-state index contributed by atoms with van der Waals surface area (Å²) >= 11 is 1.88. The molecule has 5 nitrogen and oxygen atoms in total. The first-order chi connectivity index (χ1) is 11.2. The van der Waals surface area contributed by atoms with Gasteiger partial charge in [-0.3, -0.25) is 4.79 Å². The van der Waals surface area contributed by atoms with Crippen molar-refractivity contribution in [2.75, 3.05) is 25.4 Å². The molecule has 3 amide bonds. The molecule has 0 spiro atoms. The number of carbonyl (C=O) groups excluding carboxylic acids is 2. The fourth-order valence-corrected chi connectivity index (χ4v) is 3.61. The van der Waals surface area contributed by atoms with Gasteiger partial charge in [0.2, 0.25) is 5.91 Å². The zero-order valence-corrected chi connectivity index (χ0v) is 14.2. The zero-order valence-electron chi connectivity index (χ0n) is 13.4. The highest BCUT2D eigenvalue weighted by atomic mass is 32.2. The van der Waals surface area contributed by atoms with Crippen LogP contribution in [0.4, 0.5) is 4.79 Å². The molecule has 0 saturated carbocycles. The van der Waals surface area contributed by atoms with E-state index in [4.69, 9.17) is 5.73 Å².